The number of nitrogens with one attached hydrogen (secondary N) is 1. The third-order valence-electron chi connectivity index (χ3n) is 4.65. The van der Waals surface area contributed by atoms with Crippen LogP contribution in [0.4, 0.5) is 4.39 Å². The Balaban J connectivity index is 1.35. The van der Waals surface area contributed by atoms with Crippen molar-refractivity contribution in [3.8, 4) is 5.75 Å². The van der Waals surface area contributed by atoms with Crippen LogP contribution in [0.2, 0.25) is 5.02 Å². The lowest BCUT2D eigenvalue weighted by atomic mass is 10.2. The van der Waals surface area contributed by atoms with E-state index in [2.05, 4.69) is 5.32 Å². The molecule has 2 aromatic carbocycles. The summed E-state index contributed by atoms with van der Waals surface area (Å²) in [6, 6.07) is 12.9. The third kappa shape index (κ3) is 6.73. The van der Waals surface area contributed by atoms with Gasteiger partial charge in [-0.2, -0.15) is 0 Å². The van der Waals surface area contributed by atoms with E-state index in [0.717, 1.165) is 5.56 Å². The van der Waals surface area contributed by atoms with Gasteiger partial charge in [-0.1, -0.05) is 23.7 Å². The Labute approximate surface area is 174 Å². The molecule has 0 saturated carbocycles. The highest BCUT2D eigenvalue weighted by Gasteiger charge is 2.22. The minimum atomic E-state index is -0.351. The van der Waals surface area contributed by atoms with E-state index in [4.69, 9.17) is 16.3 Å². The Kier molecular flexibility index (Phi) is 7.43. The molecule has 3 rings (SSSR count). The number of amides is 2. The molecule has 1 heterocycles. The van der Waals surface area contributed by atoms with Gasteiger partial charge in [0.15, 0.2) is 6.61 Å². The van der Waals surface area contributed by atoms with E-state index in [1.165, 1.54) is 24.3 Å². The molecule has 0 unspecified atom stereocenters. The van der Waals surface area contributed by atoms with Crippen LogP contribution in [-0.2, 0) is 16.1 Å². The zero-order valence-corrected chi connectivity index (χ0v) is 16.7. The third-order valence-corrected chi connectivity index (χ3v) is 4.88. The zero-order chi connectivity index (χ0) is 20.6. The average molecular weight is 420 g/mol. The van der Waals surface area contributed by atoms with Crippen molar-refractivity contribution in [2.45, 2.75) is 6.54 Å². The smallest absolute Gasteiger partial charge is 0.260 e. The second-order valence-corrected chi connectivity index (χ2v) is 7.24. The van der Waals surface area contributed by atoms with Crippen LogP contribution in [0.15, 0.2) is 48.5 Å². The van der Waals surface area contributed by atoms with Gasteiger partial charge in [-0.25, -0.2) is 4.39 Å². The van der Waals surface area contributed by atoms with Crippen LogP contribution in [0, 0.1) is 5.82 Å². The van der Waals surface area contributed by atoms with E-state index in [0.29, 0.717) is 43.5 Å². The van der Waals surface area contributed by atoms with Gasteiger partial charge in [-0.15, -0.1) is 0 Å². The number of benzene rings is 2. The molecule has 0 bridgehead atoms. The van der Waals surface area contributed by atoms with Gasteiger partial charge in [0.1, 0.15) is 11.6 Å². The number of carbonyl (C=O) groups excluding carboxylic acids is 2. The normalized spacial score (nSPS) is 14.5. The molecule has 154 valence electrons. The molecule has 1 N–H and O–H groups in total. The Morgan fingerprint density at radius 2 is 1.79 bits per heavy atom. The molecule has 1 aliphatic heterocycles. The summed E-state index contributed by atoms with van der Waals surface area (Å²) in [5.74, 6) is -0.0880. The Morgan fingerprint density at radius 3 is 2.48 bits per heavy atom. The first-order valence-corrected chi connectivity index (χ1v) is 9.77. The molecular weight excluding hydrogens is 397 g/mol. The molecule has 0 aliphatic carbocycles. The first kappa shape index (κ1) is 21.1. The lowest BCUT2D eigenvalue weighted by Gasteiger charge is -2.34. The number of nitrogens with zero attached hydrogens (tertiary/aromatic N) is 2. The van der Waals surface area contributed by atoms with E-state index in [-0.39, 0.29) is 30.8 Å². The fourth-order valence-electron chi connectivity index (χ4n) is 3.03. The monoisotopic (exact) mass is 419 g/mol. The molecule has 2 amide bonds. The second-order valence-electron chi connectivity index (χ2n) is 6.81. The molecule has 8 heteroatoms. The molecule has 6 nitrogen and oxygen atoms in total. The molecule has 1 saturated heterocycles. The predicted octanol–water partition coefficient (Wildman–Crippen LogP) is 2.32. The zero-order valence-electron chi connectivity index (χ0n) is 15.9. The van der Waals surface area contributed by atoms with E-state index in [1.54, 1.807) is 11.0 Å². The molecule has 1 fully saturated rings. The summed E-state index contributed by atoms with van der Waals surface area (Å²) in [5.41, 5.74) is 0.947. The van der Waals surface area contributed by atoms with E-state index in [9.17, 15) is 14.0 Å². The minimum absolute atomic E-state index is 0.0654. The van der Waals surface area contributed by atoms with Crippen molar-refractivity contribution in [2.75, 3.05) is 39.3 Å². The summed E-state index contributed by atoms with van der Waals surface area (Å²) in [4.78, 5) is 28.2. The summed E-state index contributed by atoms with van der Waals surface area (Å²) in [5, 5.41) is 3.52. The number of hydrogen-bond acceptors (Lipinski definition) is 4. The lowest BCUT2D eigenvalue weighted by molar-refractivity contribution is -0.135. The summed E-state index contributed by atoms with van der Waals surface area (Å²) in [7, 11) is 0. The van der Waals surface area contributed by atoms with Crippen molar-refractivity contribution < 1.29 is 18.7 Å². The minimum Gasteiger partial charge on any atom is -0.484 e. The van der Waals surface area contributed by atoms with Crippen LogP contribution in [0.5, 0.6) is 5.75 Å². The molecule has 0 radical (unpaired) electrons. The first-order chi connectivity index (χ1) is 14.0. The quantitative estimate of drug-likeness (QED) is 0.748. The number of piperazine rings is 1. The van der Waals surface area contributed by atoms with Crippen LogP contribution in [0.1, 0.15) is 5.56 Å². The Morgan fingerprint density at radius 1 is 1.07 bits per heavy atom. The van der Waals surface area contributed by atoms with Crippen LogP contribution in [0.25, 0.3) is 0 Å². The van der Waals surface area contributed by atoms with Crippen LogP contribution in [0.3, 0.4) is 0 Å². The highest BCUT2D eigenvalue weighted by Crippen LogP contribution is 2.12. The Hall–Kier alpha value is -2.64. The van der Waals surface area contributed by atoms with Crippen molar-refractivity contribution in [1.29, 1.82) is 0 Å². The van der Waals surface area contributed by atoms with Gasteiger partial charge in [0, 0.05) is 37.7 Å². The average Bonchev–Trinajstić information content (AvgIpc) is 2.72. The number of rotatable bonds is 7. The SMILES string of the molecule is O=C(CN1CCN(C(=O)COc2ccc(F)cc2)CC1)NCc1cccc(Cl)c1. The molecular formula is C21H23ClFN3O3. The van der Waals surface area contributed by atoms with E-state index < -0.39 is 0 Å². The van der Waals surface area contributed by atoms with E-state index in [1.807, 2.05) is 23.1 Å². The standard InChI is InChI=1S/C21H23ClFN3O3/c22-17-3-1-2-16(12-17)13-24-20(27)14-25-8-10-26(11-9-25)21(28)15-29-19-6-4-18(23)5-7-19/h1-7,12H,8-11,13-15H2,(H,24,27). The maximum atomic E-state index is 12.9. The van der Waals surface area contributed by atoms with Crippen molar-refractivity contribution in [1.82, 2.24) is 15.1 Å². The predicted molar refractivity (Wildman–Crippen MR) is 108 cm³/mol. The van der Waals surface area contributed by atoms with Crippen molar-refractivity contribution in [3.05, 3.63) is 64.9 Å². The number of hydrogen-bond donors (Lipinski definition) is 1. The van der Waals surface area contributed by atoms with Crippen molar-refractivity contribution >= 4 is 23.4 Å². The summed E-state index contributed by atoms with van der Waals surface area (Å²) >= 11 is 5.94. The fraction of sp³-hybridized carbons (Fsp3) is 0.333. The summed E-state index contributed by atoms with van der Waals surface area (Å²) in [6.45, 7) is 2.93. The topological polar surface area (TPSA) is 61.9 Å². The van der Waals surface area contributed by atoms with Gasteiger partial charge in [0.05, 0.1) is 6.54 Å². The lowest BCUT2D eigenvalue weighted by Crippen LogP contribution is -2.52. The maximum Gasteiger partial charge on any atom is 0.260 e. The van der Waals surface area contributed by atoms with Gasteiger partial charge < -0.3 is 15.0 Å². The fourth-order valence-corrected chi connectivity index (χ4v) is 3.24. The Bertz CT molecular complexity index is 839. The van der Waals surface area contributed by atoms with Crippen LogP contribution in [-0.4, -0.2) is 60.9 Å². The van der Waals surface area contributed by atoms with Gasteiger partial charge in [0.25, 0.3) is 5.91 Å². The maximum absolute atomic E-state index is 12.9. The molecule has 29 heavy (non-hydrogen) atoms. The van der Waals surface area contributed by atoms with Crippen molar-refractivity contribution in [3.63, 3.8) is 0 Å². The first-order valence-electron chi connectivity index (χ1n) is 9.39. The molecule has 0 aromatic heterocycles. The van der Waals surface area contributed by atoms with Crippen molar-refractivity contribution in [2.24, 2.45) is 0 Å². The summed E-state index contributed by atoms with van der Waals surface area (Å²) in [6.07, 6.45) is 0. The summed E-state index contributed by atoms with van der Waals surface area (Å²) < 4.78 is 18.3. The van der Waals surface area contributed by atoms with E-state index >= 15 is 0 Å². The molecule has 2 aromatic rings. The molecule has 1 aliphatic rings. The second kappa shape index (κ2) is 10.2. The van der Waals surface area contributed by atoms with Gasteiger partial charge in [-0.3, -0.25) is 14.5 Å². The molecule has 0 spiro atoms. The van der Waals surface area contributed by atoms with Gasteiger partial charge >= 0.3 is 0 Å². The van der Waals surface area contributed by atoms with Gasteiger partial charge in [-0.05, 0) is 42.0 Å². The number of carbonyl (C=O) groups is 2. The number of ether oxygens (including phenoxy) is 1. The highest BCUT2D eigenvalue weighted by atomic mass is 35.5. The largest absolute Gasteiger partial charge is 0.484 e. The molecule has 0 atom stereocenters. The van der Waals surface area contributed by atoms with Gasteiger partial charge in [0.2, 0.25) is 5.91 Å². The highest BCUT2D eigenvalue weighted by molar-refractivity contribution is 6.30. The van der Waals surface area contributed by atoms with Crippen LogP contribution >= 0.6 is 11.6 Å². The van der Waals surface area contributed by atoms with Crippen LogP contribution < -0.4 is 10.1 Å². The number of halogens is 2.